The highest BCUT2D eigenvalue weighted by atomic mass is 35.5. The van der Waals surface area contributed by atoms with Gasteiger partial charge in [-0.25, -0.2) is 9.97 Å². The predicted octanol–water partition coefficient (Wildman–Crippen LogP) is 3.86. The summed E-state index contributed by atoms with van der Waals surface area (Å²) in [5.41, 5.74) is 6.03. The van der Waals surface area contributed by atoms with Gasteiger partial charge in [0, 0.05) is 10.7 Å². The maximum absolute atomic E-state index is 12.4. The fourth-order valence-corrected chi connectivity index (χ4v) is 2.78. The second-order valence-electron chi connectivity index (χ2n) is 6.04. The Morgan fingerprint density at radius 2 is 1.90 bits per heavy atom. The van der Waals surface area contributed by atoms with Crippen LogP contribution in [0.4, 0.5) is 23.0 Å². The molecule has 0 radical (unpaired) electrons. The topological polar surface area (TPSA) is 131 Å². The maximum atomic E-state index is 12.4. The van der Waals surface area contributed by atoms with Crippen molar-refractivity contribution >= 4 is 40.5 Å². The van der Waals surface area contributed by atoms with Gasteiger partial charge in [0.2, 0.25) is 11.6 Å². The zero-order valence-electron chi connectivity index (χ0n) is 16.0. The third kappa shape index (κ3) is 4.55. The molecule has 2 aromatic carbocycles. The first-order valence-corrected chi connectivity index (χ1v) is 9.00. The predicted molar refractivity (Wildman–Crippen MR) is 112 cm³/mol. The van der Waals surface area contributed by atoms with Gasteiger partial charge in [-0.15, -0.1) is 0 Å². The molecule has 154 valence electrons. The Bertz CT molecular complexity index is 1110. The van der Waals surface area contributed by atoms with E-state index in [4.69, 9.17) is 16.3 Å². The molecule has 0 aliphatic carbocycles. The number of benzene rings is 2. The summed E-state index contributed by atoms with van der Waals surface area (Å²) in [6, 6.07) is 11.7. The lowest BCUT2D eigenvalue weighted by atomic mass is 10.2. The van der Waals surface area contributed by atoms with Crippen LogP contribution in [0.1, 0.15) is 15.9 Å². The number of hydrogen-bond acceptors (Lipinski definition) is 8. The number of hydrazine groups is 1. The molecule has 30 heavy (non-hydrogen) atoms. The van der Waals surface area contributed by atoms with Crippen molar-refractivity contribution in [1.29, 1.82) is 0 Å². The molecule has 1 amide bonds. The van der Waals surface area contributed by atoms with Crippen LogP contribution in [0, 0.1) is 17.0 Å². The zero-order chi connectivity index (χ0) is 21.7. The highest BCUT2D eigenvalue weighted by Gasteiger charge is 2.24. The Hall–Kier alpha value is -3.92. The van der Waals surface area contributed by atoms with Crippen LogP contribution < -0.4 is 20.9 Å². The van der Waals surface area contributed by atoms with Crippen molar-refractivity contribution in [3.05, 3.63) is 75.1 Å². The minimum atomic E-state index is -0.653. The van der Waals surface area contributed by atoms with Gasteiger partial charge in [-0.2, -0.15) is 0 Å². The summed E-state index contributed by atoms with van der Waals surface area (Å²) in [6.45, 7) is 1.82. The number of rotatable bonds is 7. The van der Waals surface area contributed by atoms with E-state index in [1.165, 1.54) is 7.11 Å². The summed E-state index contributed by atoms with van der Waals surface area (Å²) in [5.74, 6) is -0.455. The SMILES string of the molecule is COc1ccccc1C(=O)NNc1ncnc(Nc2cc(Cl)ccc2C)c1[N+](=O)[O-]. The van der Waals surface area contributed by atoms with Crippen LogP contribution in [-0.2, 0) is 0 Å². The summed E-state index contributed by atoms with van der Waals surface area (Å²) in [7, 11) is 1.44. The number of nitrogens with one attached hydrogen (secondary N) is 3. The summed E-state index contributed by atoms with van der Waals surface area (Å²) in [4.78, 5) is 31.3. The van der Waals surface area contributed by atoms with Crippen LogP contribution in [0.15, 0.2) is 48.8 Å². The molecular formula is C19H17ClN6O4. The first-order chi connectivity index (χ1) is 14.4. The summed E-state index contributed by atoms with van der Waals surface area (Å²) < 4.78 is 5.14. The molecule has 3 aromatic rings. The number of aromatic nitrogens is 2. The van der Waals surface area contributed by atoms with Crippen molar-refractivity contribution in [2.24, 2.45) is 0 Å². The van der Waals surface area contributed by atoms with E-state index in [-0.39, 0.29) is 17.2 Å². The standard InChI is InChI=1S/C19H17ClN6O4/c1-11-7-8-12(20)9-14(11)23-17-16(26(28)29)18(22-10-21-17)24-25-19(27)13-5-3-4-6-15(13)30-2/h3-10H,1-2H3,(H,25,27)(H2,21,22,23,24). The Morgan fingerprint density at radius 1 is 1.17 bits per heavy atom. The molecular weight excluding hydrogens is 412 g/mol. The Kier molecular flexibility index (Phi) is 6.28. The summed E-state index contributed by atoms with van der Waals surface area (Å²) in [5, 5.41) is 15.0. The van der Waals surface area contributed by atoms with E-state index in [2.05, 4.69) is 26.1 Å². The van der Waals surface area contributed by atoms with E-state index in [9.17, 15) is 14.9 Å². The van der Waals surface area contributed by atoms with Crippen LogP contribution in [0.25, 0.3) is 0 Å². The summed E-state index contributed by atoms with van der Waals surface area (Å²) in [6.07, 6.45) is 1.13. The number of carbonyl (C=O) groups is 1. The van der Waals surface area contributed by atoms with Gasteiger partial charge < -0.3 is 10.1 Å². The molecule has 0 saturated heterocycles. The van der Waals surface area contributed by atoms with Crippen LogP contribution in [0.2, 0.25) is 5.02 Å². The highest BCUT2D eigenvalue weighted by Crippen LogP contribution is 2.32. The van der Waals surface area contributed by atoms with Gasteiger partial charge in [0.1, 0.15) is 12.1 Å². The monoisotopic (exact) mass is 428 g/mol. The first kappa shape index (κ1) is 20.8. The Labute approximate surface area is 176 Å². The molecule has 1 aromatic heterocycles. The van der Waals surface area contributed by atoms with Crippen molar-refractivity contribution in [2.45, 2.75) is 6.92 Å². The number of nitrogens with zero attached hydrogens (tertiary/aromatic N) is 3. The molecule has 0 atom stereocenters. The molecule has 3 rings (SSSR count). The van der Waals surface area contributed by atoms with Crippen molar-refractivity contribution in [3.63, 3.8) is 0 Å². The molecule has 0 aliphatic heterocycles. The number of para-hydroxylation sites is 1. The van der Waals surface area contributed by atoms with Crippen molar-refractivity contribution in [3.8, 4) is 5.75 Å². The molecule has 10 nitrogen and oxygen atoms in total. The number of hydrogen-bond donors (Lipinski definition) is 3. The van der Waals surface area contributed by atoms with E-state index in [1.54, 1.807) is 42.5 Å². The minimum absolute atomic E-state index is 0.0607. The van der Waals surface area contributed by atoms with Gasteiger partial charge in [-0.05, 0) is 36.8 Å². The zero-order valence-corrected chi connectivity index (χ0v) is 16.7. The van der Waals surface area contributed by atoms with Crippen LogP contribution in [0.5, 0.6) is 5.75 Å². The van der Waals surface area contributed by atoms with E-state index in [0.29, 0.717) is 16.5 Å². The molecule has 11 heteroatoms. The van der Waals surface area contributed by atoms with E-state index >= 15 is 0 Å². The average molecular weight is 429 g/mol. The van der Waals surface area contributed by atoms with Crippen molar-refractivity contribution in [1.82, 2.24) is 15.4 Å². The third-order valence-electron chi connectivity index (χ3n) is 4.10. The van der Waals surface area contributed by atoms with Gasteiger partial charge in [-0.3, -0.25) is 25.8 Å². The molecule has 0 bridgehead atoms. The molecule has 0 saturated carbocycles. The summed E-state index contributed by atoms with van der Waals surface area (Å²) >= 11 is 6.01. The maximum Gasteiger partial charge on any atom is 0.355 e. The van der Waals surface area contributed by atoms with Gasteiger partial charge in [0.05, 0.1) is 17.6 Å². The lowest BCUT2D eigenvalue weighted by Gasteiger charge is -2.13. The minimum Gasteiger partial charge on any atom is -0.496 e. The average Bonchev–Trinajstić information content (AvgIpc) is 2.74. The number of aryl methyl sites for hydroxylation is 1. The fraction of sp³-hybridized carbons (Fsp3) is 0.105. The quantitative estimate of drug-likeness (QED) is 0.382. The van der Waals surface area contributed by atoms with Gasteiger partial charge in [0.25, 0.3) is 5.91 Å². The van der Waals surface area contributed by atoms with E-state index < -0.39 is 16.5 Å². The number of methoxy groups -OCH3 is 1. The number of carbonyl (C=O) groups excluding carboxylic acids is 1. The first-order valence-electron chi connectivity index (χ1n) is 8.62. The smallest absolute Gasteiger partial charge is 0.355 e. The van der Waals surface area contributed by atoms with Gasteiger partial charge in [0.15, 0.2) is 0 Å². The molecule has 0 unspecified atom stereocenters. The lowest BCUT2D eigenvalue weighted by molar-refractivity contribution is -0.383. The molecule has 1 heterocycles. The van der Waals surface area contributed by atoms with E-state index in [0.717, 1.165) is 11.9 Å². The highest BCUT2D eigenvalue weighted by molar-refractivity contribution is 6.30. The number of amides is 1. The lowest BCUT2D eigenvalue weighted by Crippen LogP contribution is -2.30. The van der Waals surface area contributed by atoms with Crippen LogP contribution in [-0.4, -0.2) is 27.9 Å². The molecule has 0 aliphatic rings. The van der Waals surface area contributed by atoms with Crippen LogP contribution >= 0.6 is 11.6 Å². The number of ether oxygens (including phenoxy) is 1. The van der Waals surface area contributed by atoms with Crippen molar-refractivity contribution in [2.75, 3.05) is 17.9 Å². The Morgan fingerprint density at radius 3 is 2.63 bits per heavy atom. The molecule has 0 fully saturated rings. The number of halogens is 1. The van der Waals surface area contributed by atoms with Gasteiger partial charge in [-0.1, -0.05) is 29.8 Å². The second kappa shape index (κ2) is 9.05. The molecule has 3 N–H and O–H groups in total. The second-order valence-corrected chi connectivity index (χ2v) is 6.48. The van der Waals surface area contributed by atoms with Crippen molar-refractivity contribution < 1.29 is 14.5 Å². The third-order valence-corrected chi connectivity index (χ3v) is 4.34. The van der Waals surface area contributed by atoms with Crippen LogP contribution in [0.3, 0.4) is 0 Å². The largest absolute Gasteiger partial charge is 0.496 e. The fourth-order valence-electron chi connectivity index (χ4n) is 2.61. The Balaban J connectivity index is 1.87. The number of nitro groups is 1. The molecule has 0 spiro atoms. The normalized spacial score (nSPS) is 10.2. The van der Waals surface area contributed by atoms with E-state index in [1.807, 2.05) is 6.92 Å². The van der Waals surface area contributed by atoms with Gasteiger partial charge >= 0.3 is 5.69 Å². The number of anilines is 3.